The number of nitrogens with one attached hydrogen (secondary N) is 3. The van der Waals surface area contributed by atoms with Crippen molar-refractivity contribution in [2.75, 3.05) is 18.6 Å². The van der Waals surface area contributed by atoms with Crippen molar-refractivity contribution in [1.29, 1.82) is 0 Å². The van der Waals surface area contributed by atoms with Gasteiger partial charge in [0, 0.05) is 0 Å². The minimum atomic E-state index is -1.12. The monoisotopic (exact) mass is 432 g/mol. The number of amides is 3. The van der Waals surface area contributed by atoms with Gasteiger partial charge in [-0.25, -0.2) is 4.79 Å². The van der Waals surface area contributed by atoms with E-state index in [9.17, 15) is 24.3 Å². The second kappa shape index (κ2) is 14.2. The lowest BCUT2D eigenvalue weighted by Crippen LogP contribution is -2.56. The van der Waals surface area contributed by atoms with Crippen molar-refractivity contribution in [1.82, 2.24) is 16.0 Å². The van der Waals surface area contributed by atoms with E-state index >= 15 is 0 Å². The Morgan fingerprint density at radius 1 is 0.966 bits per heavy atom. The van der Waals surface area contributed by atoms with E-state index in [1.165, 1.54) is 0 Å². The first-order chi connectivity index (χ1) is 13.6. The van der Waals surface area contributed by atoms with Crippen LogP contribution in [0.3, 0.4) is 0 Å². The van der Waals surface area contributed by atoms with Crippen molar-refractivity contribution in [2.45, 2.75) is 65.1 Å². The van der Waals surface area contributed by atoms with Gasteiger partial charge >= 0.3 is 5.97 Å². The summed E-state index contributed by atoms with van der Waals surface area (Å²) in [5, 5.41) is 16.8. The van der Waals surface area contributed by atoms with Gasteiger partial charge in [-0.3, -0.25) is 14.4 Å². The molecule has 0 heterocycles. The van der Waals surface area contributed by atoms with E-state index in [0.717, 1.165) is 5.75 Å². The highest BCUT2D eigenvalue weighted by Gasteiger charge is 2.29. The Balaban J connectivity index is 4.88. The van der Waals surface area contributed by atoms with Gasteiger partial charge in [0.25, 0.3) is 0 Å². The van der Waals surface area contributed by atoms with Crippen molar-refractivity contribution in [3.63, 3.8) is 0 Å². The molecule has 0 fully saturated rings. The lowest BCUT2D eigenvalue weighted by atomic mass is 9.97. The largest absolute Gasteiger partial charge is 0.480 e. The Kier molecular flexibility index (Phi) is 13.3. The zero-order chi connectivity index (χ0) is 22.6. The fraction of sp³-hybridized carbons (Fsp3) is 0.789. The summed E-state index contributed by atoms with van der Waals surface area (Å²) < 4.78 is 0. The molecule has 0 aromatic heterocycles. The predicted octanol–water partition coefficient (Wildman–Crippen LogP) is 0.329. The molecular weight excluding hydrogens is 396 g/mol. The third kappa shape index (κ3) is 9.98. The van der Waals surface area contributed by atoms with Crippen molar-refractivity contribution in [3.05, 3.63) is 0 Å². The molecule has 29 heavy (non-hydrogen) atoms. The van der Waals surface area contributed by atoms with Gasteiger partial charge in [0.2, 0.25) is 17.7 Å². The topological polar surface area (TPSA) is 151 Å². The molecule has 0 saturated heterocycles. The van der Waals surface area contributed by atoms with Crippen LogP contribution in [0.4, 0.5) is 0 Å². The van der Waals surface area contributed by atoms with Gasteiger partial charge in [0.05, 0.1) is 12.6 Å². The Morgan fingerprint density at radius 3 is 2.00 bits per heavy atom. The first-order valence-corrected chi connectivity index (χ1v) is 11.3. The molecule has 0 aromatic rings. The summed E-state index contributed by atoms with van der Waals surface area (Å²) in [5.74, 6) is -2.32. The maximum absolute atomic E-state index is 12.6. The molecule has 0 radical (unpaired) electrons. The minimum absolute atomic E-state index is 0.165. The molecule has 6 N–H and O–H groups in total. The lowest BCUT2D eigenvalue weighted by molar-refractivity contribution is -0.143. The summed E-state index contributed by atoms with van der Waals surface area (Å²) in [6, 6.07) is -2.56. The van der Waals surface area contributed by atoms with Crippen LogP contribution >= 0.6 is 11.8 Å². The second-order valence-electron chi connectivity index (χ2n) is 7.25. The zero-order valence-electron chi connectivity index (χ0n) is 18.0. The zero-order valence-corrected chi connectivity index (χ0v) is 18.8. The highest BCUT2D eigenvalue weighted by Crippen LogP contribution is 2.10. The smallest absolute Gasteiger partial charge is 0.326 e. The van der Waals surface area contributed by atoms with Gasteiger partial charge in [0.15, 0.2) is 0 Å². The number of hydrogen-bond acceptors (Lipinski definition) is 6. The quantitative estimate of drug-likeness (QED) is 0.265. The van der Waals surface area contributed by atoms with Crippen molar-refractivity contribution >= 4 is 35.5 Å². The third-order valence-corrected chi connectivity index (χ3v) is 5.63. The molecule has 10 heteroatoms. The summed E-state index contributed by atoms with van der Waals surface area (Å²) in [7, 11) is 0. The number of thioether (sulfide) groups is 1. The van der Waals surface area contributed by atoms with Gasteiger partial charge in [-0.15, -0.1) is 0 Å². The fourth-order valence-corrected chi connectivity index (χ4v) is 3.01. The molecule has 5 atom stereocenters. The van der Waals surface area contributed by atoms with Crippen molar-refractivity contribution in [2.24, 2.45) is 17.6 Å². The van der Waals surface area contributed by atoms with E-state index < -0.39 is 41.8 Å². The van der Waals surface area contributed by atoms with Crippen LogP contribution in [0.5, 0.6) is 0 Å². The van der Waals surface area contributed by atoms with Gasteiger partial charge in [0.1, 0.15) is 12.1 Å². The summed E-state index contributed by atoms with van der Waals surface area (Å²) >= 11 is 1.58. The van der Waals surface area contributed by atoms with Crippen LogP contribution in [0.2, 0.25) is 0 Å². The number of nitrogens with two attached hydrogens (primary N) is 1. The Bertz CT molecular complexity index is 561. The summed E-state index contributed by atoms with van der Waals surface area (Å²) in [5.41, 5.74) is 5.86. The molecule has 0 aliphatic heterocycles. The molecule has 0 spiro atoms. The number of carboxylic acids is 1. The van der Waals surface area contributed by atoms with Crippen LogP contribution in [0.1, 0.15) is 47.0 Å². The average Bonchev–Trinajstić information content (AvgIpc) is 2.70. The van der Waals surface area contributed by atoms with E-state index in [1.54, 1.807) is 18.7 Å². The van der Waals surface area contributed by atoms with Crippen LogP contribution in [0, 0.1) is 11.8 Å². The van der Waals surface area contributed by atoms with E-state index in [4.69, 9.17) is 5.73 Å². The molecular formula is C19H36N4O5S. The van der Waals surface area contributed by atoms with Crippen molar-refractivity contribution in [3.8, 4) is 0 Å². The maximum atomic E-state index is 12.6. The SMILES string of the molecule is CCC(C)C(NC(=O)CNC(=O)C(NC(=O)C(N)CCSC)C(C)CC)C(=O)O. The van der Waals surface area contributed by atoms with Crippen LogP contribution < -0.4 is 21.7 Å². The first kappa shape index (κ1) is 27.2. The summed E-state index contributed by atoms with van der Waals surface area (Å²) in [6.07, 6.45) is 3.64. The van der Waals surface area contributed by atoms with Crippen LogP contribution in [0.25, 0.3) is 0 Å². The maximum Gasteiger partial charge on any atom is 0.326 e. The molecule has 168 valence electrons. The van der Waals surface area contributed by atoms with E-state index in [2.05, 4.69) is 16.0 Å². The molecule has 3 amide bonds. The lowest BCUT2D eigenvalue weighted by Gasteiger charge is -2.25. The van der Waals surface area contributed by atoms with Crippen molar-refractivity contribution < 1.29 is 24.3 Å². The molecule has 5 unspecified atom stereocenters. The number of carboxylic acid groups (broad SMARTS) is 1. The number of carbonyl (C=O) groups excluding carboxylic acids is 3. The number of aliphatic carboxylic acids is 1. The summed E-state index contributed by atoms with van der Waals surface area (Å²) in [4.78, 5) is 48.2. The van der Waals surface area contributed by atoms with E-state index in [0.29, 0.717) is 19.3 Å². The van der Waals surface area contributed by atoms with Crippen LogP contribution in [-0.4, -0.2) is 65.5 Å². The molecule has 0 bridgehead atoms. The summed E-state index contributed by atoms with van der Waals surface area (Å²) in [6.45, 7) is 6.90. The Labute approximate surface area is 177 Å². The Hall–Kier alpha value is -1.81. The third-order valence-electron chi connectivity index (χ3n) is 4.98. The van der Waals surface area contributed by atoms with Gasteiger partial charge < -0.3 is 26.8 Å². The van der Waals surface area contributed by atoms with Gasteiger partial charge in [-0.05, 0) is 30.3 Å². The first-order valence-electron chi connectivity index (χ1n) is 9.93. The van der Waals surface area contributed by atoms with Gasteiger partial charge in [-0.2, -0.15) is 11.8 Å². The molecule has 0 saturated carbocycles. The number of rotatable bonds is 14. The highest BCUT2D eigenvalue weighted by atomic mass is 32.2. The highest BCUT2D eigenvalue weighted by molar-refractivity contribution is 7.98. The van der Waals surface area contributed by atoms with E-state index in [-0.39, 0.29) is 18.4 Å². The predicted molar refractivity (Wildman–Crippen MR) is 114 cm³/mol. The standard InChI is InChI=1S/C19H36N4O5S/c1-6-11(3)15(23-17(25)13(20)8-9-29-5)18(26)21-10-14(24)22-16(19(27)28)12(4)7-2/h11-13,15-16H,6-10,20H2,1-5H3,(H,21,26)(H,22,24)(H,23,25)(H,27,28). The van der Waals surface area contributed by atoms with Crippen LogP contribution in [-0.2, 0) is 19.2 Å². The van der Waals surface area contributed by atoms with Gasteiger partial charge in [-0.1, -0.05) is 40.5 Å². The molecule has 0 rings (SSSR count). The normalized spacial score (nSPS) is 16.1. The van der Waals surface area contributed by atoms with E-state index in [1.807, 2.05) is 27.0 Å². The fourth-order valence-electron chi connectivity index (χ4n) is 2.52. The minimum Gasteiger partial charge on any atom is -0.480 e. The van der Waals surface area contributed by atoms with Crippen LogP contribution in [0.15, 0.2) is 0 Å². The molecule has 0 aromatic carbocycles. The Morgan fingerprint density at radius 2 is 1.52 bits per heavy atom. The number of hydrogen-bond donors (Lipinski definition) is 5. The molecule has 0 aliphatic carbocycles. The number of carbonyl (C=O) groups is 4. The average molecular weight is 433 g/mol. The molecule has 9 nitrogen and oxygen atoms in total. The second-order valence-corrected chi connectivity index (χ2v) is 8.23. The molecule has 0 aliphatic rings.